The van der Waals surface area contributed by atoms with Gasteiger partial charge in [-0.15, -0.1) is 0 Å². The maximum absolute atomic E-state index is 10.7. The van der Waals surface area contributed by atoms with Crippen molar-refractivity contribution >= 4 is 0 Å². The molecular weight excluding hydrogens is 248 g/mol. The van der Waals surface area contributed by atoms with Gasteiger partial charge >= 0.3 is 0 Å². The number of likely N-dealkylation sites (N-methyl/N-ethyl adjacent to an activating group) is 1. The minimum atomic E-state index is -0.823. The van der Waals surface area contributed by atoms with E-state index in [0.29, 0.717) is 17.8 Å². The molecule has 0 spiro atoms. The number of hydrogen-bond acceptors (Lipinski definition) is 3. The molecule has 0 unspecified atom stereocenters. The Morgan fingerprint density at radius 2 is 1.95 bits per heavy atom. The first-order valence-electron chi connectivity index (χ1n) is 7.86. The van der Waals surface area contributed by atoms with Crippen molar-refractivity contribution in [2.45, 2.75) is 25.4 Å². The van der Waals surface area contributed by atoms with E-state index in [2.05, 4.69) is 40.8 Å². The van der Waals surface area contributed by atoms with Gasteiger partial charge in [0.25, 0.3) is 0 Å². The van der Waals surface area contributed by atoms with Gasteiger partial charge in [0.1, 0.15) is 5.60 Å². The van der Waals surface area contributed by atoms with Crippen LogP contribution in [0.2, 0.25) is 0 Å². The van der Waals surface area contributed by atoms with Gasteiger partial charge in [-0.3, -0.25) is 4.90 Å². The molecule has 110 valence electrons. The van der Waals surface area contributed by atoms with Crippen molar-refractivity contribution < 1.29 is 5.11 Å². The van der Waals surface area contributed by atoms with Crippen LogP contribution in [0.1, 0.15) is 19.8 Å². The van der Waals surface area contributed by atoms with Crippen LogP contribution in [0.4, 0.5) is 0 Å². The van der Waals surface area contributed by atoms with Crippen LogP contribution in [-0.2, 0) is 0 Å². The number of nitrogens with zero attached hydrogens (tertiary/aromatic N) is 2. The summed E-state index contributed by atoms with van der Waals surface area (Å²) in [6.45, 7) is 7.11. The van der Waals surface area contributed by atoms with E-state index in [9.17, 15) is 5.11 Å². The summed E-state index contributed by atoms with van der Waals surface area (Å²) in [5.41, 5.74) is -0.823. The maximum Gasteiger partial charge on any atom is 0.126 e. The van der Waals surface area contributed by atoms with E-state index >= 15 is 0 Å². The van der Waals surface area contributed by atoms with Gasteiger partial charge in [0.2, 0.25) is 0 Å². The molecular formula is C17H26N2O. The molecule has 4 atom stereocenters. The van der Waals surface area contributed by atoms with Gasteiger partial charge in [0.15, 0.2) is 0 Å². The second-order valence-corrected chi connectivity index (χ2v) is 6.92. The fourth-order valence-electron chi connectivity index (χ4n) is 3.86. The molecule has 3 rings (SSSR count). The summed E-state index contributed by atoms with van der Waals surface area (Å²) in [6, 6.07) is 0. The van der Waals surface area contributed by atoms with Gasteiger partial charge in [0, 0.05) is 32.1 Å². The third-order valence-corrected chi connectivity index (χ3v) is 5.24. The van der Waals surface area contributed by atoms with Crippen LogP contribution in [0, 0.1) is 29.6 Å². The zero-order chi connectivity index (χ0) is 14.2. The molecule has 2 bridgehead atoms. The predicted octanol–water partition coefficient (Wildman–Crippen LogP) is 1.20. The Morgan fingerprint density at radius 3 is 2.55 bits per heavy atom. The fraction of sp³-hybridized carbons (Fsp3) is 0.765. The first-order valence-corrected chi connectivity index (χ1v) is 7.86. The first kappa shape index (κ1) is 14.1. The smallest absolute Gasteiger partial charge is 0.126 e. The lowest BCUT2D eigenvalue weighted by Gasteiger charge is -2.31. The van der Waals surface area contributed by atoms with Gasteiger partial charge in [-0.05, 0) is 38.6 Å². The van der Waals surface area contributed by atoms with E-state index in [1.165, 1.54) is 6.42 Å². The van der Waals surface area contributed by atoms with Crippen LogP contribution in [0.5, 0.6) is 0 Å². The lowest BCUT2D eigenvalue weighted by Crippen LogP contribution is -2.44. The molecule has 3 heteroatoms. The lowest BCUT2D eigenvalue weighted by atomic mass is 9.80. The van der Waals surface area contributed by atoms with E-state index in [0.717, 1.165) is 39.1 Å². The van der Waals surface area contributed by atoms with Crippen LogP contribution >= 0.6 is 0 Å². The molecule has 0 amide bonds. The Hall–Kier alpha value is -0.820. The molecule has 1 N–H and O–H groups in total. The number of piperazine rings is 1. The summed E-state index contributed by atoms with van der Waals surface area (Å²) < 4.78 is 0. The summed E-state index contributed by atoms with van der Waals surface area (Å²) in [7, 11) is 2.16. The zero-order valence-electron chi connectivity index (χ0n) is 12.7. The van der Waals surface area contributed by atoms with Gasteiger partial charge in [-0.2, -0.15) is 0 Å². The highest BCUT2D eigenvalue weighted by molar-refractivity contribution is 5.22. The summed E-state index contributed by atoms with van der Waals surface area (Å²) in [5, 5.41) is 10.7. The van der Waals surface area contributed by atoms with Crippen molar-refractivity contribution in [3.8, 4) is 11.8 Å². The molecule has 2 fully saturated rings. The van der Waals surface area contributed by atoms with Crippen LogP contribution in [-0.4, -0.2) is 60.3 Å². The third kappa shape index (κ3) is 2.93. The molecule has 2 aliphatic carbocycles. The van der Waals surface area contributed by atoms with Crippen molar-refractivity contribution in [2.24, 2.45) is 17.8 Å². The topological polar surface area (TPSA) is 26.7 Å². The molecule has 0 aromatic heterocycles. The van der Waals surface area contributed by atoms with E-state index in [1.807, 2.05) is 6.92 Å². The standard InChI is InChI=1S/C17H26N2O/c1-17(20,16-13-14-4-5-15(16)12-14)6-3-7-19-10-8-18(2)9-11-19/h4-5,14-16,20H,7-13H2,1-2H3/t14-,15+,16+,17-/m1/s1. The van der Waals surface area contributed by atoms with Gasteiger partial charge < -0.3 is 10.0 Å². The van der Waals surface area contributed by atoms with Crippen LogP contribution in [0.3, 0.4) is 0 Å². The van der Waals surface area contributed by atoms with E-state index < -0.39 is 5.60 Å². The van der Waals surface area contributed by atoms with Gasteiger partial charge in [-0.25, -0.2) is 0 Å². The monoisotopic (exact) mass is 274 g/mol. The highest BCUT2D eigenvalue weighted by Gasteiger charge is 2.44. The van der Waals surface area contributed by atoms with Gasteiger partial charge in [0.05, 0.1) is 6.54 Å². The zero-order valence-corrected chi connectivity index (χ0v) is 12.7. The minimum absolute atomic E-state index is 0.331. The second kappa shape index (κ2) is 5.52. The summed E-state index contributed by atoms with van der Waals surface area (Å²) in [6.07, 6.45) is 6.93. The van der Waals surface area contributed by atoms with Crippen molar-refractivity contribution in [1.82, 2.24) is 9.80 Å². The number of rotatable bonds is 2. The summed E-state index contributed by atoms with van der Waals surface area (Å²) >= 11 is 0. The number of aliphatic hydroxyl groups is 1. The van der Waals surface area contributed by atoms with Crippen molar-refractivity contribution in [1.29, 1.82) is 0 Å². The highest BCUT2D eigenvalue weighted by atomic mass is 16.3. The molecule has 3 aliphatic rings. The normalized spacial score (nSPS) is 36.6. The molecule has 3 nitrogen and oxygen atoms in total. The average Bonchev–Trinajstić information content (AvgIpc) is 3.04. The Morgan fingerprint density at radius 1 is 1.20 bits per heavy atom. The molecule has 0 aromatic rings. The highest BCUT2D eigenvalue weighted by Crippen LogP contribution is 2.47. The maximum atomic E-state index is 10.7. The van der Waals surface area contributed by atoms with Crippen LogP contribution < -0.4 is 0 Å². The molecule has 1 aliphatic heterocycles. The Balaban J connectivity index is 1.54. The number of allylic oxidation sites excluding steroid dienone is 2. The van der Waals surface area contributed by atoms with Crippen LogP contribution in [0.25, 0.3) is 0 Å². The van der Waals surface area contributed by atoms with Crippen molar-refractivity contribution in [2.75, 3.05) is 39.8 Å². The summed E-state index contributed by atoms with van der Waals surface area (Å²) in [5.74, 6) is 7.96. The van der Waals surface area contributed by atoms with Crippen LogP contribution in [0.15, 0.2) is 12.2 Å². The van der Waals surface area contributed by atoms with Gasteiger partial charge in [-0.1, -0.05) is 24.0 Å². The molecule has 0 radical (unpaired) electrons. The van der Waals surface area contributed by atoms with E-state index in [4.69, 9.17) is 0 Å². The molecule has 1 heterocycles. The molecule has 0 aromatic carbocycles. The lowest BCUT2D eigenvalue weighted by molar-refractivity contribution is 0.0430. The predicted molar refractivity (Wildman–Crippen MR) is 81.2 cm³/mol. The number of hydrogen-bond donors (Lipinski definition) is 1. The first-order chi connectivity index (χ1) is 9.54. The van der Waals surface area contributed by atoms with E-state index in [1.54, 1.807) is 0 Å². The van der Waals surface area contributed by atoms with Crippen molar-refractivity contribution in [3.63, 3.8) is 0 Å². The SMILES string of the molecule is CN1CCN(CC#C[C@@](C)(O)[C@H]2C[C@@H]3C=C[C@H]2C3)CC1. The Labute approximate surface area is 122 Å². The molecule has 1 saturated carbocycles. The molecule has 20 heavy (non-hydrogen) atoms. The fourth-order valence-corrected chi connectivity index (χ4v) is 3.86. The minimum Gasteiger partial charge on any atom is -0.378 e. The average molecular weight is 274 g/mol. The largest absolute Gasteiger partial charge is 0.378 e. The summed E-state index contributed by atoms with van der Waals surface area (Å²) in [4.78, 5) is 4.73. The van der Waals surface area contributed by atoms with Crippen molar-refractivity contribution in [3.05, 3.63) is 12.2 Å². The Kier molecular flexibility index (Phi) is 3.90. The quantitative estimate of drug-likeness (QED) is 0.605. The third-order valence-electron chi connectivity index (χ3n) is 5.24. The number of fused-ring (bicyclic) bond motifs is 2. The van der Waals surface area contributed by atoms with E-state index in [-0.39, 0.29) is 0 Å². The molecule has 1 saturated heterocycles. The second-order valence-electron chi connectivity index (χ2n) is 6.92. The Bertz CT molecular complexity index is 438.